The van der Waals surface area contributed by atoms with E-state index < -0.39 is 24.3 Å². The van der Waals surface area contributed by atoms with Crippen LogP contribution in [-0.2, 0) is 14.4 Å². The van der Waals surface area contributed by atoms with Gasteiger partial charge in [0.25, 0.3) is 0 Å². The molecule has 0 aromatic heterocycles. The first-order valence-electron chi connectivity index (χ1n) is 7.55. The Morgan fingerprint density at radius 3 is 1.29 bits per heavy atom. The molecule has 0 aliphatic rings. The van der Waals surface area contributed by atoms with Crippen molar-refractivity contribution in [1.82, 2.24) is 0 Å². The number of hydrogen-bond acceptors (Lipinski definition) is 3. The smallest absolute Gasteiger partial charge is 0.314 e. The molecule has 0 fully saturated rings. The van der Waals surface area contributed by atoms with Gasteiger partial charge in [0.2, 0.25) is 0 Å². The number of aliphatic carboxylic acids is 3. The van der Waals surface area contributed by atoms with Crippen molar-refractivity contribution in [3.8, 4) is 0 Å². The van der Waals surface area contributed by atoms with E-state index in [4.69, 9.17) is 15.3 Å². The molecule has 0 aromatic carbocycles. The molecule has 0 amide bonds. The number of carboxylic acid groups (broad SMARTS) is 3. The molecule has 0 heterocycles. The van der Waals surface area contributed by atoms with Crippen molar-refractivity contribution in [2.24, 2.45) is 0 Å². The third kappa shape index (κ3) is 27.6. The molecule has 6 heteroatoms. The Morgan fingerprint density at radius 1 is 0.619 bits per heavy atom. The van der Waals surface area contributed by atoms with Gasteiger partial charge in [0.05, 0.1) is 0 Å². The molecule has 0 saturated carbocycles. The van der Waals surface area contributed by atoms with Crippen molar-refractivity contribution in [2.75, 3.05) is 0 Å². The number of rotatable bonds is 12. The Labute approximate surface area is 126 Å². The van der Waals surface area contributed by atoms with Crippen molar-refractivity contribution in [3.63, 3.8) is 0 Å². The molecule has 0 bridgehead atoms. The molecule has 0 atom stereocenters. The van der Waals surface area contributed by atoms with Gasteiger partial charge in [-0.1, -0.05) is 58.3 Å². The van der Waals surface area contributed by atoms with E-state index in [9.17, 15) is 14.4 Å². The molecule has 0 aromatic rings. The van der Waals surface area contributed by atoms with E-state index >= 15 is 0 Å². The van der Waals surface area contributed by atoms with Crippen LogP contribution in [-0.4, -0.2) is 33.2 Å². The summed E-state index contributed by atoms with van der Waals surface area (Å²) >= 11 is 0. The molecule has 0 unspecified atom stereocenters. The maximum atomic E-state index is 10.2. The highest BCUT2D eigenvalue weighted by atomic mass is 16.4. The second-order valence-electron chi connectivity index (χ2n) is 4.94. The topological polar surface area (TPSA) is 112 Å². The first-order valence-corrected chi connectivity index (χ1v) is 7.55. The van der Waals surface area contributed by atoms with Crippen molar-refractivity contribution in [1.29, 1.82) is 0 Å². The van der Waals surface area contributed by atoms with Crippen LogP contribution in [0.3, 0.4) is 0 Å². The minimum Gasteiger partial charge on any atom is -0.481 e. The van der Waals surface area contributed by atoms with E-state index in [0.29, 0.717) is 6.42 Å². The van der Waals surface area contributed by atoms with Crippen LogP contribution in [0.15, 0.2) is 0 Å². The average Bonchev–Trinajstić information content (AvgIpc) is 2.35. The zero-order valence-corrected chi connectivity index (χ0v) is 12.8. The molecule has 6 nitrogen and oxygen atoms in total. The van der Waals surface area contributed by atoms with Gasteiger partial charge in [-0.25, -0.2) is 0 Å². The Kier molecular flexibility index (Phi) is 17.0. The maximum Gasteiger partial charge on any atom is 0.314 e. The van der Waals surface area contributed by atoms with Gasteiger partial charge < -0.3 is 15.3 Å². The van der Waals surface area contributed by atoms with E-state index in [1.165, 1.54) is 44.9 Å². The third-order valence-corrected chi connectivity index (χ3v) is 2.80. The third-order valence-electron chi connectivity index (χ3n) is 2.80. The van der Waals surface area contributed by atoms with Gasteiger partial charge in [-0.3, -0.25) is 14.4 Å². The average molecular weight is 304 g/mol. The summed E-state index contributed by atoms with van der Waals surface area (Å²) < 4.78 is 0. The maximum absolute atomic E-state index is 10.2. The fourth-order valence-electron chi connectivity index (χ4n) is 1.72. The van der Waals surface area contributed by atoms with Crippen LogP contribution in [0, 0.1) is 0 Å². The summed E-state index contributed by atoms with van der Waals surface area (Å²) in [6, 6.07) is 0. The van der Waals surface area contributed by atoms with E-state index in [2.05, 4.69) is 6.92 Å². The molecule has 0 rings (SSSR count). The van der Waals surface area contributed by atoms with Gasteiger partial charge in [-0.05, 0) is 6.42 Å². The number of unbranched alkanes of at least 4 members (excludes halogenated alkanes) is 8. The fourth-order valence-corrected chi connectivity index (χ4v) is 1.72. The van der Waals surface area contributed by atoms with Crippen LogP contribution >= 0.6 is 0 Å². The van der Waals surface area contributed by atoms with Crippen molar-refractivity contribution >= 4 is 17.9 Å². The summed E-state index contributed by atoms with van der Waals surface area (Å²) in [5.74, 6) is -3.28. The highest BCUT2D eigenvalue weighted by Gasteiger charge is 2.01. The van der Waals surface area contributed by atoms with Crippen LogP contribution in [0.5, 0.6) is 0 Å². The molecule has 0 radical (unpaired) electrons. The molecule has 124 valence electrons. The Hall–Kier alpha value is -1.59. The van der Waals surface area contributed by atoms with Gasteiger partial charge in [0, 0.05) is 6.42 Å². The fraction of sp³-hybridized carbons (Fsp3) is 0.800. The van der Waals surface area contributed by atoms with Crippen molar-refractivity contribution < 1.29 is 29.7 Å². The Morgan fingerprint density at radius 2 is 1.00 bits per heavy atom. The first-order chi connectivity index (χ1) is 9.90. The molecule has 3 N–H and O–H groups in total. The van der Waals surface area contributed by atoms with Gasteiger partial charge in [-0.2, -0.15) is 0 Å². The van der Waals surface area contributed by atoms with Crippen LogP contribution in [0.4, 0.5) is 0 Å². The molecular weight excluding hydrogens is 276 g/mol. The lowest BCUT2D eigenvalue weighted by atomic mass is 10.1. The van der Waals surface area contributed by atoms with E-state index in [1.807, 2.05) is 0 Å². The lowest BCUT2D eigenvalue weighted by molar-refractivity contribution is -0.147. The van der Waals surface area contributed by atoms with Crippen LogP contribution in [0.25, 0.3) is 0 Å². The van der Waals surface area contributed by atoms with Crippen LogP contribution in [0.2, 0.25) is 0 Å². The highest BCUT2D eigenvalue weighted by Crippen LogP contribution is 2.10. The standard InChI is InChI=1S/C12H24O2.C3H4O4/c1-2-3-4-5-6-7-8-9-10-11-12(13)14;4-2(5)1-3(6)7/h2-11H2,1H3,(H,13,14);1H2,(H,4,5)(H,6,7). The minimum absolute atomic E-state index is 0.343. The zero-order valence-electron chi connectivity index (χ0n) is 12.8. The summed E-state index contributed by atoms with van der Waals surface area (Å²) in [4.78, 5) is 29.1. The predicted octanol–water partition coefficient (Wildman–Crippen LogP) is 3.54. The predicted molar refractivity (Wildman–Crippen MR) is 79.4 cm³/mol. The van der Waals surface area contributed by atoms with Crippen LogP contribution in [0.1, 0.15) is 77.6 Å². The quantitative estimate of drug-likeness (QED) is 0.375. The lowest BCUT2D eigenvalue weighted by Gasteiger charge is -2.00. The summed E-state index contributed by atoms with van der Waals surface area (Å²) in [6.07, 6.45) is 10.7. The largest absolute Gasteiger partial charge is 0.481 e. The lowest BCUT2D eigenvalue weighted by Crippen LogP contribution is -2.03. The Bertz CT molecular complexity index is 276. The first kappa shape index (κ1) is 21.7. The molecule has 21 heavy (non-hydrogen) atoms. The van der Waals surface area contributed by atoms with Crippen LogP contribution < -0.4 is 0 Å². The molecule has 0 aliphatic heterocycles. The monoisotopic (exact) mass is 304 g/mol. The van der Waals surface area contributed by atoms with E-state index in [-0.39, 0.29) is 0 Å². The van der Waals surface area contributed by atoms with Crippen molar-refractivity contribution in [2.45, 2.75) is 77.6 Å². The second-order valence-corrected chi connectivity index (χ2v) is 4.94. The minimum atomic E-state index is -1.31. The molecular formula is C15H28O6. The SMILES string of the molecule is CCCCCCCCCCCC(=O)O.O=C(O)CC(=O)O. The second kappa shape index (κ2) is 16.5. The number of hydrogen-bond donors (Lipinski definition) is 3. The summed E-state index contributed by atoms with van der Waals surface area (Å²) in [5.41, 5.74) is 0. The van der Waals surface area contributed by atoms with Gasteiger partial charge in [-0.15, -0.1) is 0 Å². The van der Waals surface area contributed by atoms with Gasteiger partial charge >= 0.3 is 17.9 Å². The summed E-state index contributed by atoms with van der Waals surface area (Å²) in [5, 5.41) is 23.8. The normalized spacial score (nSPS) is 9.57. The van der Waals surface area contributed by atoms with Gasteiger partial charge in [0.1, 0.15) is 6.42 Å². The zero-order chi connectivity index (χ0) is 16.5. The highest BCUT2D eigenvalue weighted by molar-refractivity contribution is 5.88. The molecule has 0 saturated heterocycles. The van der Waals surface area contributed by atoms with E-state index in [0.717, 1.165) is 12.8 Å². The summed E-state index contributed by atoms with van der Waals surface area (Å²) in [7, 11) is 0. The number of carbonyl (C=O) groups is 3. The van der Waals surface area contributed by atoms with E-state index in [1.54, 1.807) is 0 Å². The Balaban J connectivity index is 0. The number of carboxylic acids is 3. The molecule has 0 spiro atoms. The van der Waals surface area contributed by atoms with Gasteiger partial charge in [0.15, 0.2) is 0 Å². The molecule has 0 aliphatic carbocycles. The van der Waals surface area contributed by atoms with Crippen molar-refractivity contribution in [3.05, 3.63) is 0 Å². The summed E-state index contributed by atoms with van der Waals surface area (Å²) in [6.45, 7) is 2.23.